The molecule has 0 aromatic heterocycles. The first-order chi connectivity index (χ1) is 7.43. The van der Waals surface area contributed by atoms with Crippen LogP contribution in [0.4, 0.5) is 15.8 Å². The van der Waals surface area contributed by atoms with E-state index >= 15 is 0 Å². The maximum Gasteiger partial charge on any atom is 0.306 e. The summed E-state index contributed by atoms with van der Waals surface area (Å²) in [5, 5.41) is 12.6. The summed E-state index contributed by atoms with van der Waals surface area (Å²) >= 11 is 2.92. The van der Waals surface area contributed by atoms with Crippen LogP contribution in [-0.2, 0) is 4.79 Å². The molecular weight excluding hydrogens is 287 g/mol. The summed E-state index contributed by atoms with van der Waals surface area (Å²) in [6.45, 7) is 0. The van der Waals surface area contributed by atoms with Gasteiger partial charge in [-0.15, -0.1) is 0 Å². The van der Waals surface area contributed by atoms with Crippen LogP contribution >= 0.6 is 15.9 Å². The number of carbonyl (C=O) groups excluding carboxylic acids is 2. The number of fused-ring (bicyclic) bond motifs is 1. The Morgan fingerprint density at radius 1 is 1.44 bits per heavy atom. The minimum absolute atomic E-state index is 0.0712. The van der Waals surface area contributed by atoms with Gasteiger partial charge < -0.3 is 5.32 Å². The Bertz CT molecular complexity index is 557. The van der Waals surface area contributed by atoms with E-state index in [1.54, 1.807) is 0 Å². The minimum Gasteiger partial charge on any atom is -0.317 e. The molecule has 0 saturated carbocycles. The van der Waals surface area contributed by atoms with Crippen LogP contribution in [0.2, 0.25) is 0 Å². The predicted octanol–water partition coefficient (Wildman–Crippen LogP) is 1.63. The maximum absolute atomic E-state index is 13.6. The molecule has 0 spiro atoms. The summed E-state index contributed by atoms with van der Waals surface area (Å²) in [6.07, 6.45) is 0. The summed E-state index contributed by atoms with van der Waals surface area (Å²) < 4.78 is 13.6. The van der Waals surface area contributed by atoms with Crippen molar-refractivity contribution in [1.82, 2.24) is 0 Å². The van der Waals surface area contributed by atoms with Gasteiger partial charge in [-0.05, 0) is 15.9 Å². The molecule has 0 saturated heterocycles. The van der Waals surface area contributed by atoms with Crippen molar-refractivity contribution < 1.29 is 18.9 Å². The highest BCUT2D eigenvalue weighted by Gasteiger charge is 2.37. The quantitative estimate of drug-likeness (QED) is 0.483. The van der Waals surface area contributed by atoms with E-state index in [2.05, 4.69) is 21.2 Å². The number of rotatable bonds is 1. The average Bonchev–Trinajstić information content (AvgIpc) is 2.50. The fraction of sp³-hybridized carbons (Fsp3) is 0. The van der Waals surface area contributed by atoms with Gasteiger partial charge in [0.15, 0.2) is 0 Å². The van der Waals surface area contributed by atoms with Crippen molar-refractivity contribution in [2.75, 3.05) is 5.32 Å². The molecule has 0 atom stereocenters. The molecule has 0 aliphatic carbocycles. The van der Waals surface area contributed by atoms with Crippen LogP contribution in [0.1, 0.15) is 10.4 Å². The Hall–Kier alpha value is -1.83. The van der Waals surface area contributed by atoms with Crippen molar-refractivity contribution in [3.8, 4) is 0 Å². The van der Waals surface area contributed by atoms with Gasteiger partial charge in [0.2, 0.25) is 5.82 Å². The summed E-state index contributed by atoms with van der Waals surface area (Å²) in [6, 6.07) is 0.896. The van der Waals surface area contributed by atoms with Crippen LogP contribution in [0.15, 0.2) is 10.5 Å². The molecule has 82 valence electrons. The number of ketones is 1. The van der Waals surface area contributed by atoms with Crippen LogP contribution in [-0.4, -0.2) is 16.6 Å². The van der Waals surface area contributed by atoms with Gasteiger partial charge in [-0.2, -0.15) is 4.39 Å². The molecule has 8 heteroatoms. The van der Waals surface area contributed by atoms with Crippen molar-refractivity contribution in [3.63, 3.8) is 0 Å². The third-order valence-electron chi connectivity index (χ3n) is 2.07. The van der Waals surface area contributed by atoms with Crippen molar-refractivity contribution in [3.05, 3.63) is 32.0 Å². The van der Waals surface area contributed by atoms with Gasteiger partial charge in [0.1, 0.15) is 0 Å². The minimum atomic E-state index is -1.30. The highest BCUT2D eigenvalue weighted by atomic mass is 79.9. The molecule has 0 radical (unpaired) electrons. The molecule has 1 amide bonds. The molecular formula is C8H2BrFN2O4. The standard InChI is InChI=1S/C8H2BrFN2O4/c9-2-1-3(12(15)16)5(10)4-6(2)11-8(14)7(4)13/h1H,(H,11,13,14). The third-order valence-corrected chi connectivity index (χ3v) is 2.69. The topological polar surface area (TPSA) is 89.3 Å². The molecule has 1 aromatic carbocycles. The normalized spacial score (nSPS) is 13.6. The smallest absolute Gasteiger partial charge is 0.306 e. The molecule has 1 N–H and O–H groups in total. The molecule has 16 heavy (non-hydrogen) atoms. The van der Waals surface area contributed by atoms with Crippen molar-refractivity contribution >= 4 is 39.0 Å². The van der Waals surface area contributed by atoms with Gasteiger partial charge in [-0.25, -0.2) is 0 Å². The van der Waals surface area contributed by atoms with Gasteiger partial charge in [0, 0.05) is 10.5 Å². The number of halogens is 2. The van der Waals surface area contributed by atoms with Gasteiger partial charge in [0.25, 0.3) is 11.7 Å². The number of nitro benzene ring substituents is 1. The van der Waals surface area contributed by atoms with E-state index in [-0.39, 0.29) is 10.2 Å². The van der Waals surface area contributed by atoms with E-state index in [9.17, 15) is 24.1 Å². The van der Waals surface area contributed by atoms with Gasteiger partial charge in [0.05, 0.1) is 16.2 Å². The summed E-state index contributed by atoms with van der Waals surface area (Å²) in [4.78, 5) is 31.8. The first-order valence-electron chi connectivity index (χ1n) is 3.95. The Labute approximate surface area is 95.7 Å². The molecule has 0 bridgehead atoms. The van der Waals surface area contributed by atoms with Crippen LogP contribution in [0.25, 0.3) is 0 Å². The van der Waals surface area contributed by atoms with E-state index in [1.165, 1.54) is 0 Å². The number of hydrogen-bond donors (Lipinski definition) is 1. The SMILES string of the molecule is O=C1Nc2c(Br)cc([N+](=O)[O-])c(F)c2C1=O. The molecule has 0 unspecified atom stereocenters. The fourth-order valence-electron chi connectivity index (χ4n) is 1.36. The monoisotopic (exact) mass is 288 g/mol. The second kappa shape index (κ2) is 3.34. The predicted molar refractivity (Wildman–Crippen MR) is 53.7 cm³/mol. The van der Waals surface area contributed by atoms with Crippen LogP contribution in [0.5, 0.6) is 0 Å². The van der Waals surface area contributed by atoms with Crippen LogP contribution in [0, 0.1) is 15.9 Å². The number of amides is 1. The van der Waals surface area contributed by atoms with Gasteiger partial charge in [-0.3, -0.25) is 19.7 Å². The van der Waals surface area contributed by atoms with Crippen molar-refractivity contribution in [2.24, 2.45) is 0 Å². The lowest BCUT2D eigenvalue weighted by Crippen LogP contribution is -2.13. The number of carbonyl (C=O) groups is 2. The summed E-state index contributed by atoms with van der Waals surface area (Å²) in [5.41, 5.74) is -1.51. The van der Waals surface area contributed by atoms with Crippen molar-refractivity contribution in [1.29, 1.82) is 0 Å². The highest BCUT2D eigenvalue weighted by molar-refractivity contribution is 9.10. The van der Waals surface area contributed by atoms with Gasteiger partial charge >= 0.3 is 5.69 Å². The van der Waals surface area contributed by atoms with E-state index in [4.69, 9.17) is 0 Å². The zero-order valence-electron chi connectivity index (χ0n) is 7.41. The number of hydrogen-bond acceptors (Lipinski definition) is 4. The molecule has 6 nitrogen and oxygen atoms in total. The van der Waals surface area contributed by atoms with Crippen LogP contribution in [0.3, 0.4) is 0 Å². The Morgan fingerprint density at radius 2 is 2.06 bits per heavy atom. The number of nitro groups is 1. The van der Waals surface area contributed by atoms with E-state index < -0.39 is 33.7 Å². The molecule has 1 heterocycles. The number of nitrogens with zero attached hydrogens (tertiary/aromatic N) is 1. The highest BCUT2D eigenvalue weighted by Crippen LogP contribution is 2.37. The zero-order valence-corrected chi connectivity index (χ0v) is 9.00. The number of anilines is 1. The van der Waals surface area contributed by atoms with E-state index in [0.29, 0.717) is 0 Å². The summed E-state index contributed by atoms with van der Waals surface area (Å²) in [5.74, 6) is -3.42. The first kappa shape index (κ1) is 10.7. The number of benzene rings is 1. The van der Waals surface area contributed by atoms with E-state index in [1.807, 2.05) is 0 Å². The summed E-state index contributed by atoms with van der Waals surface area (Å²) in [7, 11) is 0. The Balaban J connectivity index is 2.79. The fourth-order valence-corrected chi connectivity index (χ4v) is 1.88. The van der Waals surface area contributed by atoms with E-state index in [0.717, 1.165) is 6.07 Å². The molecule has 1 aliphatic rings. The number of nitrogens with one attached hydrogen (secondary N) is 1. The molecule has 1 aliphatic heterocycles. The molecule has 0 fully saturated rings. The lowest BCUT2D eigenvalue weighted by molar-refractivity contribution is -0.387. The Kier molecular flexibility index (Phi) is 2.23. The lowest BCUT2D eigenvalue weighted by atomic mass is 10.1. The number of Topliss-reactive ketones (excluding diaryl/α,β-unsaturated/α-hetero) is 1. The second-order valence-electron chi connectivity index (χ2n) is 2.98. The zero-order chi connectivity index (χ0) is 12.0. The largest absolute Gasteiger partial charge is 0.317 e. The maximum atomic E-state index is 13.6. The van der Waals surface area contributed by atoms with Crippen LogP contribution < -0.4 is 5.32 Å². The van der Waals surface area contributed by atoms with Gasteiger partial charge in [-0.1, -0.05) is 0 Å². The van der Waals surface area contributed by atoms with Crippen molar-refractivity contribution in [2.45, 2.75) is 0 Å². The second-order valence-corrected chi connectivity index (χ2v) is 3.84. The lowest BCUT2D eigenvalue weighted by Gasteiger charge is -2.02. The average molecular weight is 289 g/mol. The molecule has 2 rings (SSSR count). The third kappa shape index (κ3) is 1.30. The Morgan fingerprint density at radius 3 is 2.62 bits per heavy atom. The molecule has 1 aromatic rings. The first-order valence-corrected chi connectivity index (χ1v) is 4.75.